The van der Waals surface area contributed by atoms with E-state index < -0.39 is 0 Å². The molecule has 0 N–H and O–H groups in total. The lowest BCUT2D eigenvalue weighted by Gasteiger charge is -2.49. The van der Waals surface area contributed by atoms with Crippen LogP contribution in [-0.2, 0) is 37.9 Å². The monoisotopic (exact) mass is 911 g/mol. The van der Waals surface area contributed by atoms with E-state index in [0.29, 0.717) is 0 Å². The van der Waals surface area contributed by atoms with Crippen molar-refractivity contribution >= 4 is 79.2 Å². The molecule has 6 aromatic carbocycles. The molecule has 0 radical (unpaired) electrons. The maximum atomic E-state index is 6.70. The first kappa shape index (κ1) is 45.0. The van der Waals surface area contributed by atoms with E-state index in [-0.39, 0.29) is 44.6 Å². The van der Waals surface area contributed by atoms with Crippen LogP contribution in [0.4, 0.5) is 34.1 Å². The Morgan fingerprint density at radius 1 is 0.420 bits per heavy atom. The van der Waals surface area contributed by atoms with Gasteiger partial charge in [0.05, 0.1) is 0 Å². The number of nitrogens with zero attached hydrogens (tertiary/aromatic N) is 2. The summed E-state index contributed by atoms with van der Waals surface area (Å²) in [6.07, 6.45) is 7.09. The van der Waals surface area contributed by atoms with Crippen molar-refractivity contribution in [2.24, 2.45) is 0 Å². The second-order valence-electron chi connectivity index (χ2n) is 27.5. The van der Waals surface area contributed by atoms with Crippen LogP contribution < -0.4 is 26.2 Å². The van der Waals surface area contributed by atoms with Gasteiger partial charge in [0.2, 0.25) is 0 Å². The third-order valence-electron chi connectivity index (χ3n) is 18.8. The predicted molar refractivity (Wildman–Crippen MR) is 297 cm³/mol. The Bertz CT molecular complexity index is 3360. The van der Waals surface area contributed by atoms with Crippen molar-refractivity contribution in [2.75, 3.05) is 9.80 Å². The summed E-state index contributed by atoms with van der Waals surface area (Å²) < 4.78 is 6.70. The molecule has 0 saturated carbocycles. The fraction of sp³-hybridized carbons (Fsp3) is 0.446. The molecule has 354 valence electrons. The Morgan fingerprint density at radius 2 is 0.855 bits per heavy atom. The average Bonchev–Trinajstić information content (AvgIpc) is 3.64. The maximum absolute atomic E-state index is 6.70. The molecule has 2 aliphatic heterocycles. The summed E-state index contributed by atoms with van der Waals surface area (Å²) >= 11 is 0. The molecule has 0 bridgehead atoms. The Morgan fingerprint density at radius 3 is 1.35 bits per heavy atom. The zero-order valence-electron chi connectivity index (χ0n) is 44.8. The van der Waals surface area contributed by atoms with Crippen LogP contribution in [0.15, 0.2) is 95.4 Å². The molecule has 3 nitrogen and oxygen atoms in total. The maximum Gasteiger partial charge on any atom is 0.252 e. The van der Waals surface area contributed by atoms with Crippen LogP contribution in [0.2, 0.25) is 0 Å². The van der Waals surface area contributed by atoms with E-state index in [9.17, 15) is 0 Å². The molecule has 0 spiro atoms. The minimum atomic E-state index is 0.0295. The second-order valence-corrected chi connectivity index (χ2v) is 27.5. The summed E-state index contributed by atoms with van der Waals surface area (Å²) in [6.45, 7) is 39.0. The number of rotatable bonds is 2. The van der Waals surface area contributed by atoms with Crippen LogP contribution in [0, 0.1) is 6.92 Å². The van der Waals surface area contributed by atoms with Crippen molar-refractivity contribution in [1.29, 1.82) is 0 Å². The number of benzene rings is 6. The van der Waals surface area contributed by atoms with Gasteiger partial charge < -0.3 is 14.2 Å². The standard InChI is InChI=1S/C65H75BN2O/c1-38-29-54-58-55(30-38)68(41-18-21-44-45(33-41)61(7,8)24-23-60(44,5)6)53-37-49-47(63(11,12)26-28-65(49,15)16)35-51(53)66(58)50-34-46-48(64(13,14)27-25-62(46,9)10)36-52(50)67(54)40-19-22-56-43(32-40)42-20-17-39(59(2,3)4)31-57(42)69-56/h17-22,29-37H,23-28H2,1-16H3. The summed E-state index contributed by atoms with van der Waals surface area (Å²) in [5, 5.41) is 2.33. The first-order chi connectivity index (χ1) is 32.2. The Hall–Kier alpha value is -5.22. The quantitative estimate of drug-likeness (QED) is 0.161. The second kappa shape index (κ2) is 14.0. The topological polar surface area (TPSA) is 19.6 Å². The van der Waals surface area contributed by atoms with Gasteiger partial charge in [0.25, 0.3) is 6.71 Å². The third kappa shape index (κ3) is 6.51. The van der Waals surface area contributed by atoms with E-state index in [2.05, 4.69) is 212 Å². The van der Waals surface area contributed by atoms with Gasteiger partial charge in [-0.25, -0.2) is 0 Å². The molecule has 1 aromatic heterocycles. The number of furan rings is 1. The number of hydrogen-bond donors (Lipinski definition) is 0. The molecule has 0 saturated heterocycles. The Kier molecular flexibility index (Phi) is 9.13. The fourth-order valence-corrected chi connectivity index (χ4v) is 13.9. The van der Waals surface area contributed by atoms with E-state index in [0.717, 1.165) is 16.6 Å². The predicted octanol–water partition coefficient (Wildman–Crippen LogP) is 16.3. The minimum Gasteiger partial charge on any atom is -0.456 e. The first-order valence-corrected chi connectivity index (χ1v) is 26.4. The van der Waals surface area contributed by atoms with E-state index in [1.165, 1.54) is 139 Å². The number of anilines is 6. The van der Waals surface area contributed by atoms with Crippen molar-refractivity contribution in [1.82, 2.24) is 0 Å². The van der Waals surface area contributed by atoms with Gasteiger partial charge in [0.1, 0.15) is 11.2 Å². The highest BCUT2D eigenvalue weighted by Crippen LogP contribution is 2.54. The van der Waals surface area contributed by atoms with Crippen LogP contribution in [0.5, 0.6) is 0 Å². The van der Waals surface area contributed by atoms with Gasteiger partial charge in [-0.1, -0.05) is 134 Å². The zero-order valence-corrected chi connectivity index (χ0v) is 44.8. The SMILES string of the molecule is Cc1cc2c3c(c1)N(c1ccc4oc5cc(C(C)(C)C)ccc5c4c1)c1cc4c(cc1B3c1cc3c(cc1N2c1ccc2c(c1)C(C)(C)CCC2(C)C)C(C)(C)CCC3(C)C)C(C)(C)CCC4(C)C. The molecule has 0 fully saturated rings. The molecule has 7 aromatic rings. The first-order valence-electron chi connectivity index (χ1n) is 26.4. The molecule has 5 aliphatic rings. The lowest BCUT2D eigenvalue weighted by atomic mass is 9.32. The van der Waals surface area contributed by atoms with Crippen molar-refractivity contribution in [3.63, 3.8) is 0 Å². The molecular formula is C65H75BN2O. The van der Waals surface area contributed by atoms with Gasteiger partial charge in [-0.2, -0.15) is 0 Å². The summed E-state index contributed by atoms with van der Waals surface area (Å²) in [5.74, 6) is 0. The average molecular weight is 911 g/mol. The van der Waals surface area contributed by atoms with Gasteiger partial charge in [-0.15, -0.1) is 0 Å². The number of hydrogen-bond acceptors (Lipinski definition) is 3. The highest BCUT2D eigenvalue weighted by molar-refractivity contribution is 7.00. The normalized spacial score (nSPS) is 20.7. The summed E-state index contributed by atoms with van der Waals surface area (Å²) in [6, 6.07) is 37.2. The molecule has 0 atom stereocenters. The summed E-state index contributed by atoms with van der Waals surface area (Å²) in [5.41, 5.74) is 25.9. The van der Waals surface area contributed by atoms with E-state index in [4.69, 9.17) is 4.42 Å². The molecular weight excluding hydrogens is 836 g/mol. The number of fused-ring (bicyclic) bond motifs is 10. The Labute approximate surface area is 414 Å². The molecule has 4 heteroatoms. The highest BCUT2D eigenvalue weighted by Gasteiger charge is 2.49. The van der Waals surface area contributed by atoms with E-state index >= 15 is 0 Å². The zero-order chi connectivity index (χ0) is 48.9. The highest BCUT2D eigenvalue weighted by atomic mass is 16.3. The molecule has 69 heavy (non-hydrogen) atoms. The van der Waals surface area contributed by atoms with Crippen LogP contribution in [0.3, 0.4) is 0 Å². The van der Waals surface area contributed by atoms with Crippen molar-refractivity contribution in [3.8, 4) is 0 Å². The van der Waals surface area contributed by atoms with Gasteiger partial charge in [-0.05, 0) is 205 Å². The third-order valence-corrected chi connectivity index (χ3v) is 18.8. The van der Waals surface area contributed by atoms with Crippen LogP contribution in [0.25, 0.3) is 21.9 Å². The van der Waals surface area contributed by atoms with Gasteiger partial charge in [0, 0.05) is 44.9 Å². The van der Waals surface area contributed by atoms with Crippen molar-refractivity contribution in [2.45, 2.75) is 187 Å². The summed E-state index contributed by atoms with van der Waals surface area (Å²) in [4.78, 5) is 5.37. The smallest absolute Gasteiger partial charge is 0.252 e. The van der Waals surface area contributed by atoms with Crippen molar-refractivity contribution in [3.05, 3.63) is 136 Å². The van der Waals surface area contributed by atoms with Gasteiger partial charge in [0.15, 0.2) is 0 Å². The molecule has 0 amide bonds. The largest absolute Gasteiger partial charge is 0.456 e. The van der Waals surface area contributed by atoms with E-state index in [1.54, 1.807) is 0 Å². The Balaban J connectivity index is 1.19. The molecule has 3 heterocycles. The fourth-order valence-electron chi connectivity index (χ4n) is 13.9. The number of aryl methyl sites for hydroxylation is 1. The lowest BCUT2D eigenvalue weighted by molar-refractivity contribution is 0.332. The minimum absolute atomic E-state index is 0.0295. The van der Waals surface area contributed by atoms with Crippen LogP contribution >= 0.6 is 0 Å². The van der Waals surface area contributed by atoms with Gasteiger partial charge in [-0.3, -0.25) is 0 Å². The van der Waals surface area contributed by atoms with Crippen LogP contribution in [-0.4, -0.2) is 6.71 Å². The van der Waals surface area contributed by atoms with Gasteiger partial charge >= 0.3 is 0 Å². The molecule has 0 unspecified atom stereocenters. The molecule has 3 aliphatic carbocycles. The van der Waals surface area contributed by atoms with E-state index in [1.807, 2.05) is 0 Å². The summed E-state index contributed by atoms with van der Waals surface area (Å²) in [7, 11) is 0. The van der Waals surface area contributed by atoms with Crippen LogP contribution in [0.1, 0.15) is 187 Å². The van der Waals surface area contributed by atoms with Crippen molar-refractivity contribution < 1.29 is 4.42 Å². The molecule has 12 rings (SSSR count). The lowest BCUT2D eigenvalue weighted by Crippen LogP contribution is -2.62.